The van der Waals surface area contributed by atoms with E-state index in [1.165, 1.54) is 6.26 Å². The van der Waals surface area contributed by atoms with E-state index in [1.807, 2.05) is 42.3 Å². The summed E-state index contributed by atoms with van der Waals surface area (Å²) in [6.07, 6.45) is 1.51. The van der Waals surface area contributed by atoms with E-state index in [4.69, 9.17) is 9.15 Å². The van der Waals surface area contributed by atoms with Crippen LogP contribution in [-0.2, 0) is 16.1 Å². The Labute approximate surface area is 158 Å². The minimum atomic E-state index is -0.687. The molecule has 0 saturated carbocycles. The van der Waals surface area contributed by atoms with Crippen molar-refractivity contribution in [3.63, 3.8) is 0 Å². The third kappa shape index (κ3) is 4.57. The number of esters is 1. The number of rotatable bonds is 7. The zero-order valence-electron chi connectivity index (χ0n) is 15.4. The van der Waals surface area contributed by atoms with Crippen LogP contribution in [0.2, 0.25) is 0 Å². The molecule has 2 N–H and O–H groups in total. The SMILES string of the molecule is CCOC(=O)C1=C(CN(C)Cc2ccccc2)NC(=O)N[C@H]1c1ccco1. The van der Waals surface area contributed by atoms with Gasteiger partial charge in [-0.3, -0.25) is 4.90 Å². The van der Waals surface area contributed by atoms with Crippen LogP contribution in [0.15, 0.2) is 64.4 Å². The number of hydrogen-bond donors (Lipinski definition) is 2. The number of furan rings is 1. The van der Waals surface area contributed by atoms with Crippen molar-refractivity contribution in [3.8, 4) is 0 Å². The molecule has 0 aliphatic carbocycles. The summed E-state index contributed by atoms with van der Waals surface area (Å²) in [7, 11) is 1.93. The van der Waals surface area contributed by atoms with Crippen LogP contribution in [0.1, 0.15) is 24.3 Å². The van der Waals surface area contributed by atoms with Crippen molar-refractivity contribution in [1.29, 1.82) is 0 Å². The maximum Gasteiger partial charge on any atom is 0.338 e. The number of nitrogens with zero attached hydrogens (tertiary/aromatic N) is 1. The fourth-order valence-electron chi connectivity index (χ4n) is 3.08. The number of amides is 2. The Bertz CT molecular complexity index is 815. The van der Waals surface area contributed by atoms with Crippen molar-refractivity contribution in [3.05, 3.63) is 71.3 Å². The van der Waals surface area contributed by atoms with Gasteiger partial charge in [0.15, 0.2) is 0 Å². The van der Waals surface area contributed by atoms with Crippen LogP contribution in [-0.4, -0.2) is 37.1 Å². The molecular weight excluding hydrogens is 346 g/mol. The van der Waals surface area contributed by atoms with E-state index in [-0.39, 0.29) is 12.6 Å². The van der Waals surface area contributed by atoms with Gasteiger partial charge in [-0.05, 0) is 31.7 Å². The number of ether oxygens (including phenoxy) is 1. The highest BCUT2D eigenvalue weighted by molar-refractivity contribution is 5.95. The molecule has 0 spiro atoms. The average molecular weight is 369 g/mol. The molecule has 3 rings (SSSR count). The number of carbonyl (C=O) groups is 2. The normalized spacial score (nSPS) is 16.9. The summed E-state index contributed by atoms with van der Waals surface area (Å²) in [6.45, 7) is 3.05. The van der Waals surface area contributed by atoms with Gasteiger partial charge in [-0.15, -0.1) is 0 Å². The fourth-order valence-corrected chi connectivity index (χ4v) is 3.08. The zero-order chi connectivity index (χ0) is 19.2. The van der Waals surface area contributed by atoms with Crippen LogP contribution >= 0.6 is 0 Å². The first-order valence-corrected chi connectivity index (χ1v) is 8.82. The van der Waals surface area contributed by atoms with Crippen LogP contribution in [0.25, 0.3) is 0 Å². The van der Waals surface area contributed by atoms with Gasteiger partial charge in [0.2, 0.25) is 0 Å². The summed E-state index contributed by atoms with van der Waals surface area (Å²) in [5.41, 5.74) is 2.00. The molecule has 27 heavy (non-hydrogen) atoms. The first-order chi connectivity index (χ1) is 13.1. The molecule has 1 aromatic heterocycles. The molecule has 142 valence electrons. The lowest BCUT2D eigenvalue weighted by Gasteiger charge is -2.30. The Morgan fingerprint density at radius 1 is 1.19 bits per heavy atom. The van der Waals surface area contributed by atoms with Gasteiger partial charge in [-0.25, -0.2) is 9.59 Å². The Kier molecular flexibility index (Phi) is 5.93. The second kappa shape index (κ2) is 8.55. The molecule has 0 bridgehead atoms. The highest BCUT2D eigenvalue weighted by atomic mass is 16.5. The lowest BCUT2D eigenvalue weighted by atomic mass is 10.00. The van der Waals surface area contributed by atoms with Gasteiger partial charge in [-0.1, -0.05) is 30.3 Å². The molecule has 7 heteroatoms. The van der Waals surface area contributed by atoms with Gasteiger partial charge >= 0.3 is 12.0 Å². The zero-order valence-corrected chi connectivity index (χ0v) is 15.4. The maximum absolute atomic E-state index is 12.6. The summed E-state index contributed by atoms with van der Waals surface area (Å²) in [5.74, 6) is 0.00521. The van der Waals surface area contributed by atoms with Gasteiger partial charge in [0, 0.05) is 18.8 Å². The number of benzene rings is 1. The molecule has 1 aliphatic heterocycles. The molecule has 0 radical (unpaired) electrons. The van der Waals surface area contributed by atoms with Crippen molar-refractivity contribution in [2.24, 2.45) is 0 Å². The van der Waals surface area contributed by atoms with Crippen LogP contribution in [0.4, 0.5) is 4.79 Å². The van der Waals surface area contributed by atoms with E-state index in [2.05, 4.69) is 10.6 Å². The standard InChI is InChI=1S/C20H23N3O4/c1-3-26-19(24)17-15(13-23(2)12-14-8-5-4-6-9-14)21-20(25)22-18(17)16-10-7-11-27-16/h4-11,18H,3,12-13H2,1-2H3,(H2,21,22,25)/t18-/m0/s1. The van der Waals surface area contributed by atoms with E-state index < -0.39 is 12.0 Å². The third-order valence-corrected chi connectivity index (χ3v) is 4.20. The predicted molar refractivity (Wildman–Crippen MR) is 99.6 cm³/mol. The van der Waals surface area contributed by atoms with Crippen LogP contribution in [0.5, 0.6) is 0 Å². The first kappa shape index (κ1) is 18.7. The molecular formula is C20H23N3O4. The highest BCUT2D eigenvalue weighted by Crippen LogP contribution is 2.28. The van der Waals surface area contributed by atoms with Crippen LogP contribution < -0.4 is 10.6 Å². The summed E-state index contributed by atoms with van der Waals surface area (Å²) in [5, 5.41) is 5.50. The maximum atomic E-state index is 12.6. The molecule has 1 aromatic carbocycles. The van der Waals surface area contributed by atoms with Gasteiger partial charge in [0.05, 0.1) is 18.4 Å². The lowest BCUT2D eigenvalue weighted by molar-refractivity contribution is -0.139. The van der Waals surface area contributed by atoms with E-state index >= 15 is 0 Å². The summed E-state index contributed by atoms with van der Waals surface area (Å²) in [4.78, 5) is 26.8. The monoisotopic (exact) mass is 369 g/mol. The van der Waals surface area contributed by atoms with Crippen molar-refractivity contribution < 1.29 is 18.7 Å². The number of likely N-dealkylation sites (N-methyl/N-ethyl adjacent to an activating group) is 1. The minimum Gasteiger partial charge on any atom is -0.467 e. The Morgan fingerprint density at radius 2 is 1.96 bits per heavy atom. The molecule has 2 heterocycles. The Morgan fingerprint density at radius 3 is 2.63 bits per heavy atom. The van der Waals surface area contributed by atoms with E-state index in [9.17, 15) is 9.59 Å². The third-order valence-electron chi connectivity index (χ3n) is 4.20. The number of urea groups is 1. The predicted octanol–water partition coefficient (Wildman–Crippen LogP) is 2.58. The molecule has 2 aromatic rings. The van der Waals surface area contributed by atoms with E-state index in [0.717, 1.165) is 5.56 Å². The second-order valence-corrected chi connectivity index (χ2v) is 6.32. The van der Waals surface area contributed by atoms with Crippen molar-refractivity contribution in [2.75, 3.05) is 20.2 Å². The fraction of sp³-hybridized carbons (Fsp3) is 0.300. The Balaban J connectivity index is 1.89. The van der Waals surface area contributed by atoms with Crippen molar-refractivity contribution >= 4 is 12.0 Å². The van der Waals surface area contributed by atoms with Gasteiger partial charge in [0.1, 0.15) is 11.8 Å². The molecule has 1 atom stereocenters. The average Bonchev–Trinajstić information content (AvgIpc) is 3.16. The lowest BCUT2D eigenvalue weighted by Crippen LogP contribution is -2.48. The summed E-state index contributed by atoms with van der Waals surface area (Å²) < 4.78 is 10.7. The van der Waals surface area contributed by atoms with Gasteiger partial charge in [0.25, 0.3) is 0 Å². The van der Waals surface area contributed by atoms with Crippen LogP contribution in [0.3, 0.4) is 0 Å². The quantitative estimate of drug-likeness (QED) is 0.733. The minimum absolute atomic E-state index is 0.244. The smallest absolute Gasteiger partial charge is 0.338 e. The topological polar surface area (TPSA) is 83.8 Å². The number of carbonyl (C=O) groups excluding carboxylic acids is 2. The number of hydrogen-bond acceptors (Lipinski definition) is 5. The summed E-state index contributed by atoms with van der Waals surface area (Å²) in [6, 6.07) is 12.4. The molecule has 7 nitrogen and oxygen atoms in total. The number of nitrogens with one attached hydrogen (secondary N) is 2. The molecule has 0 saturated heterocycles. The van der Waals surface area contributed by atoms with E-state index in [1.54, 1.807) is 19.1 Å². The van der Waals surface area contributed by atoms with Gasteiger partial charge in [-0.2, -0.15) is 0 Å². The molecule has 0 unspecified atom stereocenters. The van der Waals surface area contributed by atoms with Gasteiger partial charge < -0.3 is 19.8 Å². The molecule has 2 amide bonds. The van der Waals surface area contributed by atoms with Crippen molar-refractivity contribution in [1.82, 2.24) is 15.5 Å². The first-order valence-electron chi connectivity index (χ1n) is 8.82. The second-order valence-electron chi connectivity index (χ2n) is 6.32. The molecule has 1 aliphatic rings. The Hall–Kier alpha value is -3.06. The van der Waals surface area contributed by atoms with Crippen LogP contribution in [0, 0.1) is 0 Å². The van der Waals surface area contributed by atoms with E-state index in [0.29, 0.717) is 30.1 Å². The summed E-state index contributed by atoms with van der Waals surface area (Å²) >= 11 is 0. The highest BCUT2D eigenvalue weighted by Gasteiger charge is 2.35. The molecule has 0 fully saturated rings. The largest absolute Gasteiger partial charge is 0.467 e. The van der Waals surface area contributed by atoms with Crippen molar-refractivity contribution in [2.45, 2.75) is 19.5 Å².